The van der Waals surface area contributed by atoms with Crippen molar-refractivity contribution in [1.29, 1.82) is 0 Å². The van der Waals surface area contributed by atoms with E-state index in [4.69, 9.17) is 9.47 Å². The zero-order chi connectivity index (χ0) is 20.7. The van der Waals surface area contributed by atoms with Crippen molar-refractivity contribution in [2.45, 2.75) is 24.8 Å². The molecule has 0 radical (unpaired) electrons. The Hall–Kier alpha value is -3.00. The fourth-order valence-electron chi connectivity index (χ4n) is 2.36. The van der Waals surface area contributed by atoms with Gasteiger partial charge in [0.25, 0.3) is 15.9 Å². The first kappa shape index (κ1) is 21.3. The number of rotatable bonds is 9. The minimum absolute atomic E-state index is 0.0470. The monoisotopic (exact) mass is 404 g/mol. The maximum atomic E-state index is 12.7. The van der Waals surface area contributed by atoms with Gasteiger partial charge in [0.1, 0.15) is 18.1 Å². The Morgan fingerprint density at radius 3 is 2.43 bits per heavy atom. The summed E-state index contributed by atoms with van der Waals surface area (Å²) >= 11 is 0. The summed E-state index contributed by atoms with van der Waals surface area (Å²) in [5, 5.41) is 2.73. The summed E-state index contributed by atoms with van der Waals surface area (Å²) < 4.78 is 38.5. The second-order valence-corrected chi connectivity index (χ2v) is 7.90. The summed E-state index contributed by atoms with van der Waals surface area (Å²) in [7, 11) is -2.47. The Labute approximate surface area is 165 Å². The number of nitrogens with one attached hydrogen (secondary N) is 2. The van der Waals surface area contributed by atoms with E-state index in [1.165, 1.54) is 25.3 Å². The highest BCUT2D eigenvalue weighted by atomic mass is 32.2. The first-order chi connectivity index (χ1) is 13.3. The van der Waals surface area contributed by atoms with Crippen LogP contribution in [0.1, 0.15) is 24.2 Å². The molecule has 0 saturated carbocycles. The number of ether oxygens (including phenoxy) is 2. The Kier molecular flexibility index (Phi) is 7.06. The molecule has 0 unspecified atom stereocenters. The highest BCUT2D eigenvalue weighted by Gasteiger charge is 2.20. The van der Waals surface area contributed by atoms with Crippen molar-refractivity contribution < 1.29 is 22.7 Å². The molecule has 0 atom stereocenters. The summed E-state index contributed by atoms with van der Waals surface area (Å²) in [5.41, 5.74) is 0.516. The van der Waals surface area contributed by atoms with Gasteiger partial charge in [0.05, 0.1) is 17.6 Å². The van der Waals surface area contributed by atoms with Crippen LogP contribution < -0.4 is 19.5 Å². The molecule has 0 bridgehead atoms. The van der Waals surface area contributed by atoms with E-state index < -0.39 is 15.9 Å². The van der Waals surface area contributed by atoms with E-state index in [1.54, 1.807) is 30.3 Å². The Morgan fingerprint density at radius 2 is 1.86 bits per heavy atom. The third-order valence-electron chi connectivity index (χ3n) is 3.62. The van der Waals surface area contributed by atoms with Crippen molar-refractivity contribution in [2.75, 3.05) is 18.4 Å². The highest BCUT2D eigenvalue weighted by Crippen LogP contribution is 2.25. The Morgan fingerprint density at radius 1 is 1.18 bits per heavy atom. The summed E-state index contributed by atoms with van der Waals surface area (Å²) in [4.78, 5) is 12.3. The minimum atomic E-state index is -3.90. The smallest absolute Gasteiger partial charge is 0.261 e. The van der Waals surface area contributed by atoms with Crippen LogP contribution in [0.4, 0.5) is 5.69 Å². The number of carbonyl (C=O) groups excluding carboxylic acids is 1. The summed E-state index contributed by atoms with van der Waals surface area (Å²) in [6.45, 7) is 7.56. The number of hydrogen-bond acceptors (Lipinski definition) is 5. The number of anilines is 1. The van der Waals surface area contributed by atoms with Crippen LogP contribution >= 0.6 is 0 Å². The van der Waals surface area contributed by atoms with E-state index in [-0.39, 0.29) is 16.5 Å². The van der Waals surface area contributed by atoms with E-state index in [2.05, 4.69) is 16.6 Å². The van der Waals surface area contributed by atoms with Crippen LogP contribution in [0.5, 0.6) is 11.5 Å². The van der Waals surface area contributed by atoms with Gasteiger partial charge in [0, 0.05) is 11.7 Å². The van der Waals surface area contributed by atoms with Crippen molar-refractivity contribution in [3.8, 4) is 11.5 Å². The van der Waals surface area contributed by atoms with E-state index in [1.807, 2.05) is 13.8 Å². The maximum Gasteiger partial charge on any atom is 0.261 e. The van der Waals surface area contributed by atoms with Gasteiger partial charge in [-0.25, -0.2) is 8.42 Å². The molecular weight excluding hydrogens is 380 g/mol. The first-order valence-electron chi connectivity index (χ1n) is 8.62. The van der Waals surface area contributed by atoms with Gasteiger partial charge in [-0.1, -0.05) is 12.7 Å². The predicted octanol–water partition coefficient (Wildman–Crippen LogP) is 3.20. The molecule has 2 rings (SSSR count). The lowest BCUT2D eigenvalue weighted by Crippen LogP contribution is -2.30. The molecule has 2 aromatic carbocycles. The molecule has 1 amide bonds. The number of benzene rings is 2. The standard InChI is InChI=1S/C20H24N2O5S/c1-5-12-27-16-8-6-15(7-9-16)22-28(24,25)17-10-11-19(26-4)18(13-17)20(23)21-14(2)3/h5-11,13-14,22H,1,12H2,2-4H3,(H,21,23). The van der Waals surface area contributed by atoms with Crippen LogP contribution in [0.25, 0.3) is 0 Å². The maximum absolute atomic E-state index is 12.7. The molecule has 7 nitrogen and oxygen atoms in total. The molecule has 150 valence electrons. The van der Waals surface area contributed by atoms with Gasteiger partial charge in [0.15, 0.2) is 0 Å². The van der Waals surface area contributed by atoms with Crippen LogP contribution in [-0.2, 0) is 10.0 Å². The largest absolute Gasteiger partial charge is 0.496 e. The Bertz CT molecular complexity index is 938. The van der Waals surface area contributed by atoms with Crippen molar-refractivity contribution >= 4 is 21.6 Å². The summed E-state index contributed by atoms with van der Waals surface area (Å²) in [5.74, 6) is 0.480. The van der Waals surface area contributed by atoms with Crippen molar-refractivity contribution in [2.24, 2.45) is 0 Å². The third kappa shape index (κ3) is 5.50. The van der Waals surface area contributed by atoms with Gasteiger partial charge in [-0.15, -0.1) is 0 Å². The topological polar surface area (TPSA) is 93.7 Å². The molecule has 8 heteroatoms. The number of hydrogen-bond donors (Lipinski definition) is 2. The molecule has 0 saturated heterocycles. The zero-order valence-corrected chi connectivity index (χ0v) is 16.9. The zero-order valence-electron chi connectivity index (χ0n) is 16.1. The van der Waals surface area contributed by atoms with Crippen LogP contribution in [0, 0.1) is 0 Å². The van der Waals surface area contributed by atoms with Gasteiger partial charge >= 0.3 is 0 Å². The number of methoxy groups -OCH3 is 1. The predicted molar refractivity (Wildman–Crippen MR) is 109 cm³/mol. The lowest BCUT2D eigenvalue weighted by molar-refractivity contribution is 0.0940. The molecule has 0 aliphatic heterocycles. The molecule has 2 aromatic rings. The first-order valence-corrected chi connectivity index (χ1v) is 10.1. The van der Waals surface area contributed by atoms with Gasteiger partial charge < -0.3 is 14.8 Å². The fourth-order valence-corrected chi connectivity index (χ4v) is 3.44. The molecule has 0 aliphatic rings. The van der Waals surface area contributed by atoms with Gasteiger partial charge in [-0.05, 0) is 56.3 Å². The summed E-state index contributed by atoms with van der Waals surface area (Å²) in [6, 6.07) is 10.5. The Balaban J connectivity index is 2.27. The van der Waals surface area contributed by atoms with Crippen LogP contribution in [0.3, 0.4) is 0 Å². The van der Waals surface area contributed by atoms with Crippen molar-refractivity contribution in [1.82, 2.24) is 5.32 Å². The number of sulfonamides is 1. The average Bonchev–Trinajstić information content (AvgIpc) is 2.66. The van der Waals surface area contributed by atoms with E-state index in [0.717, 1.165) is 0 Å². The van der Waals surface area contributed by atoms with Crippen LogP contribution in [-0.4, -0.2) is 34.1 Å². The fraction of sp³-hybridized carbons (Fsp3) is 0.250. The SMILES string of the molecule is C=CCOc1ccc(NS(=O)(=O)c2ccc(OC)c(C(=O)NC(C)C)c2)cc1. The molecule has 0 spiro atoms. The lowest BCUT2D eigenvalue weighted by atomic mass is 10.2. The molecule has 0 aliphatic carbocycles. The van der Waals surface area contributed by atoms with Crippen molar-refractivity contribution in [3.05, 3.63) is 60.7 Å². The second kappa shape index (κ2) is 9.27. The normalized spacial score (nSPS) is 11.0. The average molecular weight is 404 g/mol. The molecule has 0 fully saturated rings. The quantitative estimate of drug-likeness (QED) is 0.626. The molecule has 0 heterocycles. The van der Waals surface area contributed by atoms with Gasteiger partial charge in [0.2, 0.25) is 0 Å². The van der Waals surface area contributed by atoms with Gasteiger partial charge in [-0.2, -0.15) is 0 Å². The third-order valence-corrected chi connectivity index (χ3v) is 5.00. The number of amides is 1. The molecular formula is C20H24N2O5S. The lowest BCUT2D eigenvalue weighted by Gasteiger charge is -2.14. The molecule has 0 aromatic heterocycles. The van der Waals surface area contributed by atoms with E-state index in [9.17, 15) is 13.2 Å². The highest BCUT2D eigenvalue weighted by molar-refractivity contribution is 7.92. The second-order valence-electron chi connectivity index (χ2n) is 6.22. The van der Waals surface area contributed by atoms with Gasteiger partial charge in [-0.3, -0.25) is 9.52 Å². The van der Waals surface area contributed by atoms with E-state index in [0.29, 0.717) is 23.8 Å². The number of carbonyl (C=O) groups is 1. The van der Waals surface area contributed by atoms with Crippen molar-refractivity contribution in [3.63, 3.8) is 0 Å². The van der Waals surface area contributed by atoms with E-state index >= 15 is 0 Å². The minimum Gasteiger partial charge on any atom is -0.496 e. The molecule has 2 N–H and O–H groups in total. The molecule has 28 heavy (non-hydrogen) atoms. The van der Waals surface area contributed by atoms with Crippen LogP contribution in [0.2, 0.25) is 0 Å². The van der Waals surface area contributed by atoms with Crippen LogP contribution in [0.15, 0.2) is 60.0 Å². The summed E-state index contributed by atoms with van der Waals surface area (Å²) in [6.07, 6.45) is 1.62.